The molecule has 0 radical (unpaired) electrons. The molecule has 1 heterocycles. The monoisotopic (exact) mass is 516 g/mol. The van der Waals surface area contributed by atoms with Gasteiger partial charge < -0.3 is 15.8 Å². The van der Waals surface area contributed by atoms with E-state index < -0.39 is 40.8 Å². The molecule has 186 valence electrons. The summed E-state index contributed by atoms with van der Waals surface area (Å²) in [5.74, 6) is -7.17. The minimum atomic E-state index is -5.90. The Hall–Kier alpha value is -3.66. The number of carbonyl (C=O) groups is 1. The molecule has 35 heavy (non-hydrogen) atoms. The van der Waals surface area contributed by atoms with Crippen LogP contribution in [0.1, 0.15) is 34.5 Å². The third-order valence-electron chi connectivity index (χ3n) is 5.20. The van der Waals surface area contributed by atoms with E-state index in [-0.39, 0.29) is 16.2 Å². The van der Waals surface area contributed by atoms with Crippen molar-refractivity contribution in [2.75, 3.05) is 7.11 Å². The third-order valence-corrected chi connectivity index (χ3v) is 5.53. The molecule has 1 aromatic heterocycles. The molecule has 8 nitrogen and oxygen atoms in total. The van der Waals surface area contributed by atoms with Gasteiger partial charge in [-0.2, -0.15) is 32.3 Å². The zero-order chi connectivity index (χ0) is 26.2. The second-order valence-electron chi connectivity index (χ2n) is 7.62. The highest BCUT2D eigenvalue weighted by atomic mass is 35.5. The highest BCUT2D eigenvalue weighted by Gasteiger charge is 2.62. The van der Waals surface area contributed by atoms with Crippen molar-refractivity contribution in [2.45, 2.75) is 30.5 Å². The first-order chi connectivity index (χ1) is 16.3. The van der Waals surface area contributed by atoms with E-state index in [2.05, 4.69) is 15.4 Å². The molecule has 3 rings (SSSR count). The molecule has 3 N–H and O–H groups in total. The summed E-state index contributed by atoms with van der Waals surface area (Å²) in [6.07, 6.45) is -2.72. The van der Waals surface area contributed by atoms with Crippen LogP contribution >= 0.6 is 11.6 Å². The summed E-state index contributed by atoms with van der Waals surface area (Å²) in [4.78, 5) is 16.6. The van der Waals surface area contributed by atoms with E-state index in [1.165, 1.54) is 18.2 Å². The number of halogens is 6. The summed E-state index contributed by atoms with van der Waals surface area (Å²) in [6, 6.07) is 6.30. The first-order valence-corrected chi connectivity index (χ1v) is 10.2. The molecule has 1 aliphatic carbocycles. The minimum Gasteiger partial charge on any atom is -0.491 e. The predicted molar refractivity (Wildman–Crippen MR) is 117 cm³/mol. The number of rotatable bonds is 7. The fourth-order valence-electron chi connectivity index (χ4n) is 3.06. The number of hydrogen-bond donors (Lipinski definition) is 2. The van der Waals surface area contributed by atoms with Gasteiger partial charge >= 0.3 is 12.1 Å². The van der Waals surface area contributed by atoms with E-state index in [1.807, 2.05) is 6.07 Å². The maximum Gasteiger partial charge on any atom is 0.459 e. The first kappa shape index (κ1) is 26.0. The summed E-state index contributed by atoms with van der Waals surface area (Å²) >= 11 is 6.13. The van der Waals surface area contributed by atoms with E-state index in [9.17, 15) is 32.0 Å². The number of nitrogens with two attached hydrogens (primary N) is 1. The van der Waals surface area contributed by atoms with Crippen LogP contribution in [0.5, 0.6) is 5.75 Å². The zero-order valence-electron chi connectivity index (χ0n) is 18.3. The number of nitrogens with one attached hydrogen (secondary N) is 1. The number of amides is 1. The lowest BCUT2D eigenvalue weighted by Crippen LogP contribution is -2.35. The Bertz CT molecular complexity index is 1260. The van der Waals surface area contributed by atoms with Gasteiger partial charge in [-0.15, -0.1) is 0 Å². The first-order valence-electron chi connectivity index (χ1n) is 9.86. The van der Waals surface area contributed by atoms with Crippen molar-refractivity contribution in [1.29, 1.82) is 5.26 Å². The van der Waals surface area contributed by atoms with Gasteiger partial charge in [-0.05, 0) is 30.5 Å². The van der Waals surface area contributed by atoms with Crippen molar-refractivity contribution in [3.8, 4) is 11.8 Å². The Kier molecular flexibility index (Phi) is 6.81. The number of methoxy groups -OCH3 is 1. The topological polar surface area (TPSA) is 118 Å². The van der Waals surface area contributed by atoms with E-state index in [4.69, 9.17) is 22.1 Å². The number of benzene rings is 1. The fourth-order valence-corrected chi connectivity index (χ4v) is 3.27. The van der Waals surface area contributed by atoms with Gasteiger partial charge in [-0.3, -0.25) is 4.79 Å². The Labute approximate surface area is 200 Å². The standard InChI is InChI=1S/C21H18ClF5N6O2/c1-33-17(15(35-2)16(32-33)20(23,24)21(25,26)27)30-9-12(8-28)11-3-4-14(22)13(7-11)18(34)31-19(10-29)5-6-19/h3-4,7-9H,5-6,28H2,1-2H3,(H,31,34). The van der Waals surface area contributed by atoms with Gasteiger partial charge in [0.1, 0.15) is 5.54 Å². The molecule has 1 aliphatic rings. The van der Waals surface area contributed by atoms with Gasteiger partial charge in [-0.1, -0.05) is 17.7 Å². The normalized spacial score (nSPS) is 15.7. The average Bonchev–Trinajstić information content (AvgIpc) is 3.49. The van der Waals surface area contributed by atoms with E-state index in [0.29, 0.717) is 23.1 Å². The smallest absolute Gasteiger partial charge is 0.459 e. The molecule has 14 heteroatoms. The lowest BCUT2D eigenvalue weighted by atomic mass is 10.0. The van der Waals surface area contributed by atoms with Crippen LogP contribution in [0.2, 0.25) is 5.02 Å². The van der Waals surface area contributed by atoms with Crippen molar-refractivity contribution in [3.05, 3.63) is 46.2 Å². The largest absolute Gasteiger partial charge is 0.491 e. The summed E-state index contributed by atoms with van der Waals surface area (Å²) < 4.78 is 71.8. The molecule has 0 saturated heterocycles. The number of carbonyl (C=O) groups excluding carboxylic acids is 1. The molecule has 1 amide bonds. The summed E-state index contributed by atoms with van der Waals surface area (Å²) in [6.45, 7) is 0. The van der Waals surface area contributed by atoms with Gasteiger partial charge in [0.15, 0.2) is 17.3 Å². The maximum atomic E-state index is 13.9. The van der Waals surface area contributed by atoms with E-state index in [1.54, 1.807) is 0 Å². The molecule has 0 aliphatic heterocycles. The molecule has 1 aromatic carbocycles. The Balaban J connectivity index is 1.95. The van der Waals surface area contributed by atoms with Gasteiger partial charge in [0.2, 0.25) is 0 Å². The van der Waals surface area contributed by atoms with Crippen LogP contribution in [0.25, 0.3) is 5.57 Å². The van der Waals surface area contributed by atoms with Crippen molar-refractivity contribution in [2.24, 2.45) is 17.8 Å². The molecule has 2 aromatic rings. The van der Waals surface area contributed by atoms with Crippen LogP contribution in [-0.2, 0) is 13.0 Å². The Morgan fingerprint density at radius 3 is 2.54 bits per heavy atom. The molecule has 0 spiro atoms. The average molecular weight is 517 g/mol. The minimum absolute atomic E-state index is 0.0451. The van der Waals surface area contributed by atoms with Crippen LogP contribution in [0.15, 0.2) is 29.4 Å². The second-order valence-corrected chi connectivity index (χ2v) is 8.03. The van der Waals surface area contributed by atoms with Gasteiger partial charge in [-0.25, -0.2) is 9.67 Å². The Morgan fingerprint density at radius 1 is 1.37 bits per heavy atom. The molecule has 1 fully saturated rings. The van der Waals surface area contributed by atoms with Gasteiger partial charge in [0, 0.05) is 25.0 Å². The van der Waals surface area contributed by atoms with Gasteiger partial charge in [0.25, 0.3) is 5.91 Å². The molecule has 0 bridgehead atoms. The SMILES string of the molecule is COc1c(C(F)(F)C(F)(F)F)nn(C)c1N=CC(=CN)c1ccc(Cl)c(C(=O)NC2(C#N)CC2)c1. The quantitative estimate of drug-likeness (QED) is 0.422. The van der Waals surface area contributed by atoms with Crippen molar-refractivity contribution < 1.29 is 31.5 Å². The Morgan fingerprint density at radius 2 is 2.03 bits per heavy atom. The lowest BCUT2D eigenvalue weighted by Gasteiger charge is -2.18. The molecule has 0 atom stereocenters. The van der Waals surface area contributed by atoms with Crippen molar-refractivity contribution >= 4 is 35.1 Å². The second kappa shape index (κ2) is 9.18. The van der Waals surface area contributed by atoms with Crippen LogP contribution in [0, 0.1) is 11.3 Å². The number of ether oxygens (including phenoxy) is 1. The van der Waals surface area contributed by atoms with Gasteiger partial charge in [0.05, 0.1) is 23.8 Å². The summed E-state index contributed by atoms with van der Waals surface area (Å²) in [7, 11) is 2.02. The van der Waals surface area contributed by atoms with Crippen LogP contribution in [0.4, 0.5) is 27.8 Å². The molecular weight excluding hydrogens is 499 g/mol. The molecule has 0 unspecified atom stereocenters. The van der Waals surface area contributed by atoms with Crippen molar-refractivity contribution in [1.82, 2.24) is 15.1 Å². The predicted octanol–water partition coefficient (Wildman–Crippen LogP) is 4.22. The number of aliphatic imine (C=N–C) groups is 1. The number of allylic oxidation sites excluding steroid dienone is 1. The van der Waals surface area contributed by atoms with E-state index in [0.717, 1.165) is 26.6 Å². The highest BCUT2D eigenvalue weighted by molar-refractivity contribution is 6.34. The summed E-state index contributed by atoms with van der Waals surface area (Å²) in [5, 5.41) is 15.1. The van der Waals surface area contributed by atoms with E-state index >= 15 is 0 Å². The third kappa shape index (κ3) is 4.93. The molecular formula is C21H18ClF5N6O2. The number of aryl methyl sites for hydroxylation is 1. The van der Waals surface area contributed by atoms with Crippen molar-refractivity contribution in [3.63, 3.8) is 0 Å². The number of aromatic nitrogens is 2. The lowest BCUT2D eigenvalue weighted by molar-refractivity contribution is -0.291. The maximum absolute atomic E-state index is 13.9. The van der Waals surface area contributed by atoms with Crippen LogP contribution in [-0.4, -0.2) is 40.7 Å². The zero-order valence-corrected chi connectivity index (χ0v) is 19.0. The number of alkyl halides is 5. The number of nitrogens with zero attached hydrogens (tertiary/aromatic N) is 4. The highest BCUT2D eigenvalue weighted by Crippen LogP contribution is 2.49. The number of hydrogen-bond acceptors (Lipinski definition) is 6. The van der Waals surface area contributed by atoms with Crippen LogP contribution < -0.4 is 15.8 Å². The fraction of sp³-hybridized carbons (Fsp3) is 0.333. The molecule has 1 saturated carbocycles. The van der Waals surface area contributed by atoms with Crippen LogP contribution in [0.3, 0.4) is 0 Å². The number of nitriles is 1. The summed E-state index contributed by atoms with van der Waals surface area (Å²) in [5.41, 5.74) is 3.62.